The number of carbonyl (C=O) groups excluding carboxylic acids is 2. The molecule has 144 valence electrons. The summed E-state index contributed by atoms with van der Waals surface area (Å²) < 4.78 is 41.0. The molecule has 2 aromatic rings. The van der Waals surface area contributed by atoms with Crippen LogP contribution in [0.4, 0.5) is 23.7 Å². The standard InChI is InChI=1S/C17H15ClF3N3O3/c18-12-5-7-13(8-6-12)24-15(25)10-23-16(26)22-9-11-3-1-2-4-14(11)27-17(19,20)21/h1-8H,9-10H2,(H,24,25)(H2,22,23,26). The number of halogens is 4. The van der Waals surface area contributed by atoms with E-state index in [9.17, 15) is 22.8 Å². The molecule has 2 aromatic carbocycles. The first-order valence-corrected chi connectivity index (χ1v) is 8.01. The molecule has 0 aliphatic carbocycles. The third kappa shape index (κ3) is 7.45. The first-order chi connectivity index (χ1) is 12.7. The maximum absolute atomic E-state index is 12.4. The molecule has 0 spiro atoms. The van der Waals surface area contributed by atoms with Crippen LogP contribution in [0.5, 0.6) is 5.75 Å². The normalized spacial score (nSPS) is 10.8. The van der Waals surface area contributed by atoms with Gasteiger partial charge in [-0.1, -0.05) is 29.8 Å². The predicted octanol–water partition coefficient (Wildman–Crippen LogP) is 3.68. The predicted molar refractivity (Wildman–Crippen MR) is 93.4 cm³/mol. The molecule has 0 aromatic heterocycles. The van der Waals surface area contributed by atoms with Crippen LogP contribution < -0.4 is 20.7 Å². The lowest BCUT2D eigenvalue weighted by atomic mass is 10.2. The molecule has 0 saturated carbocycles. The van der Waals surface area contributed by atoms with Gasteiger partial charge in [-0.15, -0.1) is 13.2 Å². The number of nitrogens with one attached hydrogen (secondary N) is 3. The van der Waals surface area contributed by atoms with E-state index in [1.807, 2.05) is 0 Å². The van der Waals surface area contributed by atoms with E-state index in [2.05, 4.69) is 20.7 Å². The second-order valence-corrected chi connectivity index (χ2v) is 5.68. The summed E-state index contributed by atoms with van der Waals surface area (Å²) in [5.41, 5.74) is 0.639. The topological polar surface area (TPSA) is 79.5 Å². The zero-order valence-electron chi connectivity index (χ0n) is 13.8. The summed E-state index contributed by atoms with van der Waals surface area (Å²) in [5.74, 6) is -0.890. The molecule has 27 heavy (non-hydrogen) atoms. The number of ether oxygens (including phenoxy) is 1. The van der Waals surface area contributed by atoms with Crippen LogP contribution in [-0.4, -0.2) is 24.8 Å². The van der Waals surface area contributed by atoms with Gasteiger partial charge in [0.2, 0.25) is 5.91 Å². The summed E-state index contributed by atoms with van der Waals surface area (Å²) in [6, 6.07) is 11.1. The first kappa shape index (κ1) is 20.4. The minimum atomic E-state index is -4.84. The first-order valence-electron chi connectivity index (χ1n) is 7.64. The molecule has 0 heterocycles. The van der Waals surface area contributed by atoms with E-state index in [-0.39, 0.29) is 18.7 Å². The van der Waals surface area contributed by atoms with Crippen LogP contribution in [0.1, 0.15) is 5.56 Å². The molecule has 0 unspecified atom stereocenters. The zero-order chi connectivity index (χ0) is 19.9. The molecule has 2 rings (SSSR count). The van der Waals surface area contributed by atoms with E-state index in [4.69, 9.17) is 11.6 Å². The fourth-order valence-electron chi connectivity index (χ4n) is 2.01. The number of para-hydroxylation sites is 1. The number of urea groups is 1. The van der Waals surface area contributed by atoms with Crippen molar-refractivity contribution in [1.82, 2.24) is 10.6 Å². The Morgan fingerprint density at radius 3 is 2.33 bits per heavy atom. The van der Waals surface area contributed by atoms with Gasteiger partial charge >= 0.3 is 12.4 Å². The molecule has 6 nitrogen and oxygen atoms in total. The van der Waals surface area contributed by atoms with E-state index in [1.165, 1.54) is 18.2 Å². The van der Waals surface area contributed by atoms with E-state index >= 15 is 0 Å². The average molecular weight is 402 g/mol. The number of hydrogen-bond donors (Lipinski definition) is 3. The van der Waals surface area contributed by atoms with Crippen LogP contribution in [0.3, 0.4) is 0 Å². The molecular formula is C17H15ClF3N3O3. The zero-order valence-corrected chi connectivity index (χ0v) is 14.5. The van der Waals surface area contributed by atoms with Crippen molar-refractivity contribution >= 4 is 29.2 Å². The van der Waals surface area contributed by atoms with Gasteiger partial charge in [0, 0.05) is 22.8 Å². The molecule has 3 amide bonds. The second kappa shape index (κ2) is 9.13. The van der Waals surface area contributed by atoms with Crippen molar-refractivity contribution in [2.45, 2.75) is 12.9 Å². The lowest BCUT2D eigenvalue weighted by molar-refractivity contribution is -0.274. The van der Waals surface area contributed by atoms with E-state index in [1.54, 1.807) is 24.3 Å². The van der Waals surface area contributed by atoms with Crippen LogP contribution in [0.25, 0.3) is 0 Å². The summed E-state index contributed by atoms with van der Waals surface area (Å²) in [6.45, 7) is -0.536. The van der Waals surface area contributed by atoms with Gasteiger partial charge in [0.15, 0.2) is 0 Å². The highest BCUT2D eigenvalue weighted by Gasteiger charge is 2.31. The van der Waals surface area contributed by atoms with Crippen molar-refractivity contribution in [3.05, 3.63) is 59.1 Å². The summed E-state index contributed by atoms with van der Waals surface area (Å²) in [6.07, 6.45) is -4.84. The average Bonchev–Trinajstić information content (AvgIpc) is 2.60. The minimum Gasteiger partial charge on any atom is -0.405 e. The van der Waals surface area contributed by atoms with Crippen LogP contribution in [-0.2, 0) is 11.3 Å². The highest BCUT2D eigenvalue weighted by atomic mass is 35.5. The van der Waals surface area contributed by atoms with Gasteiger partial charge < -0.3 is 20.7 Å². The molecule has 0 radical (unpaired) electrons. The number of benzene rings is 2. The quantitative estimate of drug-likeness (QED) is 0.691. The second-order valence-electron chi connectivity index (χ2n) is 5.25. The van der Waals surface area contributed by atoms with E-state index in [0.717, 1.165) is 6.07 Å². The lowest BCUT2D eigenvalue weighted by Gasteiger charge is -2.14. The van der Waals surface area contributed by atoms with Crippen molar-refractivity contribution in [2.24, 2.45) is 0 Å². The van der Waals surface area contributed by atoms with Gasteiger partial charge in [0.1, 0.15) is 5.75 Å². The number of rotatable bonds is 6. The van der Waals surface area contributed by atoms with Crippen LogP contribution in [0.15, 0.2) is 48.5 Å². The van der Waals surface area contributed by atoms with Crippen molar-refractivity contribution in [3.63, 3.8) is 0 Å². The number of carbonyl (C=O) groups is 2. The minimum absolute atomic E-state index is 0.135. The fraction of sp³-hybridized carbons (Fsp3) is 0.176. The third-order valence-electron chi connectivity index (χ3n) is 3.18. The molecule has 0 saturated heterocycles. The Morgan fingerprint density at radius 2 is 1.67 bits per heavy atom. The summed E-state index contributed by atoms with van der Waals surface area (Å²) >= 11 is 5.73. The van der Waals surface area contributed by atoms with Gasteiger partial charge in [0.25, 0.3) is 0 Å². The molecular weight excluding hydrogens is 387 g/mol. The maximum atomic E-state index is 12.4. The Bertz CT molecular complexity index is 798. The highest BCUT2D eigenvalue weighted by molar-refractivity contribution is 6.30. The van der Waals surface area contributed by atoms with E-state index in [0.29, 0.717) is 10.7 Å². The fourth-order valence-corrected chi connectivity index (χ4v) is 2.14. The van der Waals surface area contributed by atoms with Crippen LogP contribution in [0.2, 0.25) is 5.02 Å². The van der Waals surface area contributed by atoms with Gasteiger partial charge in [-0.05, 0) is 30.3 Å². The van der Waals surface area contributed by atoms with Crippen molar-refractivity contribution in [3.8, 4) is 5.75 Å². The molecule has 0 bridgehead atoms. The lowest BCUT2D eigenvalue weighted by Crippen LogP contribution is -2.39. The molecule has 0 atom stereocenters. The SMILES string of the molecule is O=C(CNC(=O)NCc1ccccc1OC(F)(F)F)Nc1ccc(Cl)cc1. The molecule has 3 N–H and O–H groups in total. The van der Waals surface area contributed by atoms with Crippen molar-refractivity contribution in [2.75, 3.05) is 11.9 Å². The van der Waals surface area contributed by atoms with E-state index < -0.39 is 24.1 Å². The Balaban J connectivity index is 1.79. The van der Waals surface area contributed by atoms with Gasteiger partial charge in [-0.2, -0.15) is 0 Å². The molecule has 0 fully saturated rings. The molecule has 10 heteroatoms. The summed E-state index contributed by atoms with van der Waals surface area (Å²) in [4.78, 5) is 23.5. The number of hydrogen-bond acceptors (Lipinski definition) is 3. The number of alkyl halides is 3. The monoisotopic (exact) mass is 401 g/mol. The Morgan fingerprint density at radius 1 is 1.00 bits per heavy atom. The van der Waals surface area contributed by atoms with Crippen LogP contribution >= 0.6 is 11.6 Å². The van der Waals surface area contributed by atoms with Crippen molar-refractivity contribution < 1.29 is 27.5 Å². The maximum Gasteiger partial charge on any atom is 0.573 e. The Kier molecular flexibility index (Phi) is 6.89. The van der Waals surface area contributed by atoms with Gasteiger partial charge in [0.05, 0.1) is 6.54 Å². The Hall–Kier alpha value is -2.94. The van der Waals surface area contributed by atoms with Crippen molar-refractivity contribution in [1.29, 1.82) is 0 Å². The summed E-state index contributed by atoms with van der Waals surface area (Å²) in [5, 5.41) is 7.72. The Labute approximate surface area is 157 Å². The molecule has 0 aliphatic heterocycles. The largest absolute Gasteiger partial charge is 0.573 e. The summed E-state index contributed by atoms with van der Waals surface area (Å²) in [7, 11) is 0. The van der Waals surface area contributed by atoms with Crippen LogP contribution in [0, 0.1) is 0 Å². The van der Waals surface area contributed by atoms with Gasteiger partial charge in [-0.25, -0.2) is 4.79 Å². The number of anilines is 1. The number of amides is 3. The molecule has 0 aliphatic rings. The smallest absolute Gasteiger partial charge is 0.405 e. The third-order valence-corrected chi connectivity index (χ3v) is 3.43. The van der Waals surface area contributed by atoms with Gasteiger partial charge in [-0.3, -0.25) is 4.79 Å². The highest BCUT2D eigenvalue weighted by Crippen LogP contribution is 2.26.